The van der Waals surface area contributed by atoms with Gasteiger partial charge >= 0.3 is 0 Å². The normalized spacial score (nSPS) is 11.3. The smallest absolute Gasteiger partial charge is 0.253 e. The number of pyridine rings is 1. The van der Waals surface area contributed by atoms with Crippen LogP contribution in [0.1, 0.15) is 15.9 Å². The molecule has 182 valence electrons. The van der Waals surface area contributed by atoms with Crippen molar-refractivity contribution in [2.75, 3.05) is 39.6 Å². The minimum absolute atomic E-state index is 0.265. The lowest BCUT2D eigenvalue weighted by molar-refractivity contribution is 0.0952. The van der Waals surface area contributed by atoms with Crippen LogP contribution in [0.25, 0.3) is 21.8 Å². The molecule has 4 rings (SSSR count). The first kappa shape index (κ1) is 24.9. The number of ether oxygens (including phenoxy) is 1. The summed E-state index contributed by atoms with van der Waals surface area (Å²) >= 11 is 12.6. The molecule has 1 aromatic heterocycles. The maximum atomic E-state index is 13.7. The second-order valence-corrected chi connectivity index (χ2v) is 9.28. The van der Waals surface area contributed by atoms with Crippen LogP contribution in [-0.4, -0.2) is 50.1 Å². The molecule has 0 fully saturated rings. The Hall–Kier alpha value is -3.26. The lowest BCUT2D eigenvalue weighted by Gasteiger charge is -2.15. The van der Waals surface area contributed by atoms with Gasteiger partial charge in [-0.05, 0) is 56.1 Å². The molecule has 9 heteroatoms. The van der Waals surface area contributed by atoms with Crippen LogP contribution >= 0.6 is 23.2 Å². The molecule has 3 N–H and O–H groups in total. The Morgan fingerprint density at radius 1 is 1.06 bits per heavy atom. The van der Waals surface area contributed by atoms with Gasteiger partial charge in [0.2, 0.25) is 0 Å². The number of hydrogen-bond donors (Lipinski definition) is 3. The zero-order chi connectivity index (χ0) is 25.1. The van der Waals surface area contributed by atoms with Crippen molar-refractivity contribution in [2.45, 2.75) is 6.54 Å². The Kier molecular flexibility index (Phi) is 7.50. The molecular weight excluding hydrogens is 487 g/mol. The van der Waals surface area contributed by atoms with Crippen molar-refractivity contribution in [1.82, 2.24) is 15.2 Å². The van der Waals surface area contributed by atoms with Crippen molar-refractivity contribution < 1.29 is 9.53 Å². The average Bonchev–Trinajstić information content (AvgIpc) is 2.83. The predicted molar refractivity (Wildman–Crippen MR) is 143 cm³/mol. The van der Waals surface area contributed by atoms with Crippen LogP contribution < -0.4 is 20.8 Å². The van der Waals surface area contributed by atoms with Gasteiger partial charge in [-0.15, -0.1) is 0 Å². The number of methoxy groups -OCH3 is 1. The largest absolute Gasteiger partial charge is 0.497 e. The standard InChI is InChI=1S/C26H26Cl2N4O3/c1-32(2)11-10-29-26(34)18-8-9-21(30-14-15-4-6-17(35-3)7-5-15)22-24(18)31-23-19(25(22)33)12-16(27)13-20(23)28/h4-9,12-13,30H,10-11,14H2,1-3H3,(H,29,34)(H,31,33). The van der Waals surface area contributed by atoms with Crippen molar-refractivity contribution in [3.63, 3.8) is 0 Å². The topological polar surface area (TPSA) is 86.5 Å². The molecule has 3 aromatic carbocycles. The number of nitrogens with zero attached hydrogens (tertiary/aromatic N) is 1. The highest BCUT2D eigenvalue weighted by Crippen LogP contribution is 2.30. The van der Waals surface area contributed by atoms with Gasteiger partial charge in [0.15, 0.2) is 5.43 Å². The first-order chi connectivity index (χ1) is 16.8. The molecule has 4 aromatic rings. The summed E-state index contributed by atoms with van der Waals surface area (Å²) in [7, 11) is 5.48. The number of H-pyrrole nitrogens is 1. The number of amides is 1. The number of carbonyl (C=O) groups is 1. The molecule has 0 saturated heterocycles. The molecule has 1 amide bonds. The Morgan fingerprint density at radius 2 is 1.80 bits per heavy atom. The Balaban J connectivity index is 1.81. The number of nitrogens with one attached hydrogen (secondary N) is 3. The molecule has 0 radical (unpaired) electrons. The molecule has 0 bridgehead atoms. The number of fused-ring (bicyclic) bond motifs is 2. The Bertz CT molecular complexity index is 1450. The monoisotopic (exact) mass is 512 g/mol. The first-order valence-corrected chi connectivity index (χ1v) is 11.8. The SMILES string of the molecule is COc1ccc(CNc2ccc(C(=O)NCCN(C)C)c3[nH]c4c(Cl)cc(Cl)cc4c(=O)c23)cc1. The van der Waals surface area contributed by atoms with Gasteiger partial charge in [-0.3, -0.25) is 9.59 Å². The molecule has 35 heavy (non-hydrogen) atoms. The van der Waals surface area contributed by atoms with Crippen LogP contribution in [0.5, 0.6) is 5.75 Å². The average molecular weight is 513 g/mol. The molecule has 0 spiro atoms. The fourth-order valence-corrected chi connectivity index (χ4v) is 4.41. The molecule has 0 aliphatic rings. The summed E-state index contributed by atoms with van der Waals surface area (Å²) in [6.45, 7) is 1.63. The van der Waals surface area contributed by atoms with E-state index in [0.29, 0.717) is 62.7 Å². The molecule has 0 atom stereocenters. The van der Waals surface area contributed by atoms with Crippen LogP contribution in [0, 0.1) is 0 Å². The van der Waals surface area contributed by atoms with Gasteiger partial charge < -0.3 is 25.3 Å². The van der Waals surface area contributed by atoms with E-state index in [1.807, 2.05) is 43.3 Å². The number of rotatable bonds is 8. The highest BCUT2D eigenvalue weighted by molar-refractivity contribution is 6.38. The number of aromatic nitrogens is 1. The van der Waals surface area contributed by atoms with Crippen LogP contribution in [0.15, 0.2) is 53.3 Å². The van der Waals surface area contributed by atoms with Gasteiger partial charge in [0.05, 0.1) is 34.1 Å². The van der Waals surface area contributed by atoms with Crippen LogP contribution in [0.4, 0.5) is 5.69 Å². The maximum absolute atomic E-state index is 13.7. The second-order valence-electron chi connectivity index (χ2n) is 8.44. The van der Waals surface area contributed by atoms with Crippen molar-refractivity contribution >= 4 is 56.6 Å². The van der Waals surface area contributed by atoms with Gasteiger partial charge in [-0.1, -0.05) is 35.3 Å². The molecule has 0 saturated carbocycles. The van der Waals surface area contributed by atoms with Gasteiger partial charge in [-0.2, -0.15) is 0 Å². The molecule has 0 unspecified atom stereocenters. The van der Waals surface area contributed by atoms with E-state index in [4.69, 9.17) is 27.9 Å². The van der Waals surface area contributed by atoms with Crippen molar-refractivity contribution in [1.29, 1.82) is 0 Å². The van der Waals surface area contributed by atoms with Crippen LogP contribution in [0.2, 0.25) is 10.0 Å². The third-order valence-electron chi connectivity index (χ3n) is 5.71. The number of likely N-dealkylation sites (N-methyl/N-ethyl adjacent to an activating group) is 1. The summed E-state index contributed by atoms with van der Waals surface area (Å²) in [4.78, 5) is 31.9. The lowest BCUT2D eigenvalue weighted by atomic mass is 10.0. The quantitative estimate of drug-likeness (QED) is 0.292. The Morgan fingerprint density at radius 3 is 2.49 bits per heavy atom. The summed E-state index contributed by atoms with van der Waals surface area (Å²) in [6.07, 6.45) is 0. The lowest BCUT2D eigenvalue weighted by Crippen LogP contribution is -2.31. The summed E-state index contributed by atoms with van der Waals surface area (Å²) in [5.74, 6) is 0.485. The highest BCUT2D eigenvalue weighted by atomic mass is 35.5. The highest BCUT2D eigenvalue weighted by Gasteiger charge is 2.19. The third-order valence-corrected chi connectivity index (χ3v) is 6.23. The molecule has 0 aliphatic carbocycles. The minimum atomic E-state index is -0.279. The molecular formula is C26H26Cl2N4O3. The number of aromatic amines is 1. The predicted octanol–water partition coefficient (Wildman–Crippen LogP) is 4.90. The number of carbonyl (C=O) groups excluding carboxylic acids is 1. The molecule has 0 aliphatic heterocycles. The Labute approximate surface area is 213 Å². The third kappa shape index (κ3) is 5.37. The van der Waals surface area contributed by atoms with Crippen LogP contribution in [-0.2, 0) is 6.54 Å². The second kappa shape index (κ2) is 10.6. The van der Waals surface area contributed by atoms with E-state index < -0.39 is 0 Å². The van der Waals surface area contributed by atoms with Gasteiger partial charge in [-0.25, -0.2) is 0 Å². The summed E-state index contributed by atoms with van der Waals surface area (Å²) < 4.78 is 5.21. The van der Waals surface area contributed by atoms with Crippen molar-refractivity contribution in [2.24, 2.45) is 0 Å². The van der Waals surface area contributed by atoms with E-state index in [2.05, 4.69) is 15.6 Å². The minimum Gasteiger partial charge on any atom is -0.497 e. The van der Waals surface area contributed by atoms with E-state index >= 15 is 0 Å². The van der Waals surface area contributed by atoms with Crippen LogP contribution in [0.3, 0.4) is 0 Å². The fourth-order valence-electron chi connectivity index (χ4n) is 3.87. The maximum Gasteiger partial charge on any atom is 0.253 e. The van der Waals surface area contributed by atoms with E-state index in [1.165, 1.54) is 0 Å². The number of hydrogen-bond acceptors (Lipinski definition) is 5. The molecule has 1 heterocycles. The summed E-state index contributed by atoms with van der Waals surface area (Å²) in [6, 6.07) is 14.2. The van der Waals surface area contributed by atoms with Gasteiger partial charge in [0.25, 0.3) is 5.91 Å². The summed E-state index contributed by atoms with van der Waals surface area (Å²) in [5, 5.41) is 7.63. The van der Waals surface area contributed by atoms with E-state index in [1.54, 1.807) is 31.4 Å². The zero-order valence-electron chi connectivity index (χ0n) is 19.7. The number of benzene rings is 3. The van der Waals surface area contributed by atoms with E-state index in [-0.39, 0.29) is 11.3 Å². The van der Waals surface area contributed by atoms with E-state index in [9.17, 15) is 9.59 Å². The zero-order valence-corrected chi connectivity index (χ0v) is 21.2. The first-order valence-electron chi connectivity index (χ1n) is 11.1. The van der Waals surface area contributed by atoms with Gasteiger partial charge in [0.1, 0.15) is 5.75 Å². The number of halogens is 2. The summed E-state index contributed by atoms with van der Waals surface area (Å²) in [5.41, 5.74) is 2.54. The fraction of sp³-hybridized carbons (Fsp3) is 0.231. The van der Waals surface area contributed by atoms with Crippen molar-refractivity contribution in [3.8, 4) is 5.75 Å². The number of anilines is 1. The van der Waals surface area contributed by atoms with Gasteiger partial charge in [0, 0.05) is 35.7 Å². The van der Waals surface area contributed by atoms with Crippen molar-refractivity contribution in [3.05, 3.63) is 79.9 Å². The molecule has 7 nitrogen and oxygen atoms in total. The van der Waals surface area contributed by atoms with E-state index in [0.717, 1.165) is 11.3 Å².